The van der Waals surface area contributed by atoms with E-state index in [0.29, 0.717) is 0 Å². The highest BCUT2D eigenvalue weighted by molar-refractivity contribution is 9.10. The number of halogens is 1. The van der Waals surface area contributed by atoms with Crippen molar-refractivity contribution < 1.29 is 9.90 Å². The van der Waals surface area contributed by atoms with E-state index in [1.165, 1.54) is 0 Å². The first kappa shape index (κ1) is 10.1. The van der Waals surface area contributed by atoms with Crippen molar-refractivity contribution in [2.24, 2.45) is 5.73 Å². The number of hydrogen-bond acceptors (Lipinski definition) is 3. The molecule has 0 aliphatic heterocycles. The minimum Gasteiger partial charge on any atom is -0.480 e. The maximum atomic E-state index is 10.5. The Balaban J connectivity index is 2.74. The molecule has 0 radical (unpaired) electrons. The minimum absolute atomic E-state index is 0.282. The van der Waals surface area contributed by atoms with Gasteiger partial charge in [-0.25, -0.2) is 0 Å². The van der Waals surface area contributed by atoms with Gasteiger partial charge in [-0.05, 0) is 11.6 Å². The highest BCUT2D eigenvalue weighted by Gasteiger charge is 2.13. The second kappa shape index (κ2) is 4.34. The maximum Gasteiger partial charge on any atom is 0.320 e. The summed E-state index contributed by atoms with van der Waals surface area (Å²) < 4.78 is 0.833. The Morgan fingerprint density at radius 3 is 3.00 bits per heavy atom. The second-order valence-electron chi connectivity index (χ2n) is 2.62. The molecule has 4 nitrogen and oxygen atoms in total. The van der Waals surface area contributed by atoms with Crippen LogP contribution in [0.25, 0.3) is 0 Å². The molecule has 70 valence electrons. The summed E-state index contributed by atoms with van der Waals surface area (Å²) in [4.78, 5) is 14.3. The molecule has 3 N–H and O–H groups in total. The molecule has 0 spiro atoms. The van der Waals surface area contributed by atoms with Gasteiger partial charge in [-0.15, -0.1) is 0 Å². The minimum atomic E-state index is -1.00. The molecule has 0 saturated heterocycles. The standard InChI is InChI=1S/C8H9BrN2O2/c9-6-1-2-11-4-5(6)3-7(10)8(12)13/h1-2,4,7H,3,10H2,(H,12,13)/t7-/m0/s1. The van der Waals surface area contributed by atoms with Gasteiger partial charge in [0.1, 0.15) is 6.04 Å². The summed E-state index contributed by atoms with van der Waals surface area (Å²) in [5.41, 5.74) is 6.17. The lowest BCUT2D eigenvalue weighted by Crippen LogP contribution is -2.32. The molecule has 0 unspecified atom stereocenters. The number of carboxylic acids is 1. The van der Waals surface area contributed by atoms with Gasteiger partial charge in [-0.2, -0.15) is 0 Å². The number of carboxylic acid groups (broad SMARTS) is 1. The molecular formula is C8H9BrN2O2. The zero-order valence-corrected chi connectivity index (χ0v) is 8.36. The highest BCUT2D eigenvalue weighted by Crippen LogP contribution is 2.15. The Bertz CT molecular complexity index is 317. The van der Waals surface area contributed by atoms with E-state index in [2.05, 4.69) is 20.9 Å². The van der Waals surface area contributed by atoms with E-state index in [1.54, 1.807) is 18.5 Å². The van der Waals surface area contributed by atoms with Gasteiger partial charge in [0.2, 0.25) is 0 Å². The van der Waals surface area contributed by atoms with Crippen LogP contribution in [0, 0.1) is 0 Å². The normalized spacial score (nSPS) is 12.5. The van der Waals surface area contributed by atoms with Gasteiger partial charge in [0.05, 0.1) is 0 Å². The van der Waals surface area contributed by atoms with Crippen LogP contribution in [0.2, 0.25) is 0 Å². The summed E-state index contributed by atoms with van der Waals surface area (Å²) in [7, 11) is 0. The molecule has 1 heterocycles. The zero-order valence-electron chi connectivity index (χ0n) is 6.77. The number of pyridine rings is 1. The number of carbonyl (C=O) groups is 1. The van der Waals surface area contributed by atoms with E-state index in [-0.39, 0.29) is 6.42 Å². The molecule has 5 heteroatoms. The lowest BCUT2D eigenvalue weighted by atomic mass is 10.1. The Morgan fingerprint density at radius 2 is 2.46 bits per heavy atom. The number of nitrogens with two attached hydrogens (primary N) is 1. The molecule has 1 aromatic heterocycles. The van der Waals surface area contributed by atoms with E-state index < -0.39 is 12.0 Å². The Kier molecular flexibility index (Phi) is 3.39. The number of hydrogen-bond donors (Lipinski definition) is 2. The molecule has 0 aliphatic rings. The number of aliphatic carboxylic acids is 1. The molecule has 1 rings (SSSR count). The predicted octanol–water partition coefficient (Wildman–Crippen LogP) is 0.798. The van der Waals surface area contributed by atoms with Crippen LogP contribution in [-0.4, -0.2) is 22.1 Å². The smallest absolute Gasteiger partial charge is 0.320 e. The van der Waals surface area contributed by atoms with Gasteiger partial charge >= 0.3 is 5.97 Å². The third kappa shape index (κ3) is 2.78. The summed E-state index contributed by atoms with van der Waals surface area (Å²) in [6.45, 7) is 0. The van der Waals surface area contributed by atoms with Gasteiger partial charge < -0.3 is 10.8 Å². The average Bonchev–Trinajstić information content (AvgIpc) is 2.08. The summed E-state index contributed by atoms with van der Waals surface area (Å²) >= 11 is 3.29. The molecule has 0 fully saturated rings. The van der Waals surface area contributed by atoms with Crippen LogP contribution in [0.5, 0.6) is 0 Å². The second-order valence-corrected chi connectivity index (χ2v) is 3.47. The molecule has 13 heavy (non-hydrogen) atoms. The van der Waals surface area contributed by atoms with Crippen LogP contribution < -0.4 is 5.73 Å². The lowest BCUT2D eigenvalue weighted by Gasteiger charge is -2.06. The van der Waals surface area contributed by atoms with Crippen LogP contribution in [-0.2, 0) is 11.2 Å². The third-order valence-corrected chi connectivity index (χ3v) is 2.37. The largest absolute Gasteiger partial charge is 0.480 e. The van der Waals surface area contributed by atoms with E-state index in [4.69, 9.17) is 10.8 Å². The summed E-state index contributed by atoms with van der Waals surface area (Å²) in [5, 5.41) is 8.57. The van der Waals surface area contributed by atoms with Crippen molar-refractivity contribution in [3.63, 3.8) is 0 Å². The predicted molar refractivity (Wildman–Crippen MR) is 51.3 cm³/mol. The van der Waals surface area contributed by atoms with Crippen molar-refractivity contribution in [1.29, 1.82) is 0 Å². The SMILES string of the molecule is N[C@@H](Cc1cnccc1Br)C(=O)O. The first-order chi connectivity index (χ1) is 6.11. The molecule has 1 atom stereocenters. The van der Waals surface area contributed by atoms with Gasteiger partial charge in [-0.3, -0.25) is 9.78 Å². The lowest BCUT2D eigenvalue weighted by molar-refractivity contribution is -0.138. The molecule has 1 aromatic rings. The molecule has 0 aromatic carbocycles. The van der Waals surface area contributed by atoms with Gasteiger partial charge in [-0.1, -0.05) is 15.9 Å². The van der Waals surface area contributed by atoms with Gasteiger partial charge in [0.15, 0.2) is 0 Å². The topological polar surface area (TPSA) is 76.2 Å². The van der Waals surface area contributed by atoms with Gasteiger partial charge in [0.25, 0.3) is 0 Å². The zero-order chi connectivity index (χ0) is 9.84. The summed E-state index contributed by atoms with van der Waals surface area (Å²) in [6, 6.07) is 0.879. The first-order valence-electron chi connectivity index (χ1n) is 3.68. The van der Waals surface area contributed by atoms with Crippen LogP contribution in [0.1, 0.15) is 5.56 Å². The quantitative estimate of drug-likeness (QED) is 0.825. The third-order valence-electron chi connectivity index (χ3n) is 1.60. The first-order valence-corrected chi connectivity index (χ1v) is 4.47. The van der Waals surface area contributed by atoms with Crippen molar-refractivity contribution in [3.8, 4) is 0 Å². The van der Waals surface area contributed by atoms with Crippen molar-refractivity contribution in [2.45, 2.75) is 12.5 Å². The van der Waals surface area contributed by atoms with E-state index >= 15 is 0 Å². The van der Waals surface area contributed by atoms with E-state index in [0.717, 1.165) is 10.0 Å². The van der Waals surface area contributed by atoms with Crippen LogP contribution in [0.3, 0.4) is 0 Å². The van der Waals surface area contributed by atoms with Crippen molar-refractivity contribution in [1.82, 2.24) is 4.98 Å². The molecule has 0 bridgehead atoms. The fourth-order valence-electron chi connectivity index (χ4n) is 0.885. The van der Waals surface area contributed by atoms with Crippen LogP contribution in [0.4, 0.5) is 0 Å². The average molecular weight is 245 g/mol. The van der Waals surface area contributed by atoms with Crippen molar-refractivity contribution in [2.75, 3.05) is 0 Å². The monoisotopic (exact) mass is 244 g/mol. The van der Waals surface area contributed by atoms with Crippen molar-refractivity contribution >= 4 is 21.9 Å². The maximum absolute atomic E-state index is 10.5. The summed E-state index contributed by atoms with van der Waals surface area (Å²) in [6.07, 6.45) is 3.51. The van der Waals surface area contributed by atoms with E-state index in [9.17, 15) is 4.79 Å². The Hall–Kier alpha value is -0.940. The molecule has 0 amide bonds. The van der Waals surface area contributed by atoms with E-state index in [1.807, 2.05) is 0 Å². The fourth-order valence-corrected chi connectivity index (χ4v) is 1.27. The number of rotatable bonds is 3. The fraction of sp³-hybridized carbons (Fsp3) is 0.250. The van der Waals surface area contributed by atoms with Crippen LogP contribution in [0.15, 0.2) is 22.9 Å². The highest BCUT2D eigenvalue weighted by atomic mass is 79.9. The Morgan fingerprint density at radius 1 is 1.77 bits per heavy atom. The Labute approximate surface area is 83.9 Å². The van der Waals surface area contributed by atoms with Crippen molar-refractivity contribution in [3.05, 3.63) is 28.5 Å². The number of aromatic nitrogens is 1. The van der Waals surface area contributed by atoms with Gasteiger partial charge in [0, 0.05) is 23.3 Å². The molecular weight excluding hydrogens is 236 g/mol. The summed E-state index contributed by atoms with van der Waals surface area (Å²) in [5.74, 6) is -1.00. The van der Waals surface area contributed by atoms with Crippen LogP contribution >= 0.6 is 15.9 Å². The number of nitrogens with zero attached hydrogens (tertiary/aromatic N) is 1. The molecule has 0 saturated carbocycles. The molecule has 0 aliphatic carbocycles.